The summed E-state index contributed by atoms with van der Waals surface area (Å²) in [4.78, 5) is 0. The fraction of sp³-hybridized carbons (Fsp3) is 0.625. The van der Waals surface area contributed by atoms with Crippen LogP contribution in [0.2, 0.25) is 10.0 Å². The summed E-state index contributed by atoms with van der Waals surface area (Å²) >= 11 is 18.5. The summed E-state index contributed by atoms with van der Waals surface area (Å²) in [6.07, 6.45) is 10.3. The molecular weight excluding hydrogens is 299 g/mol. The first-order valence-electron chi connectivity index (χ1n) is 7.23. The van der Waals surface area contributed by atoms with Crippen molar-refractivity contribution in [2.75, 3.05) is 0 Å². The van der Waals surface area contributed by atoms with E-state index in [-0.39, 0.29) is 5.38 Å². The number of benzene rings is 1. The smallest absolute Gasteiger partial charge is 0.0595 e. The Morgan fingerprint density at radius 2 is 1.68 bits per heavy atom. The molecule has 0 saturated heterocycles. The lowest BCUT2D eigenvalue weighted by Gasteiger charge is -2.18. The maximum Gasteiger partial charge on any atom is 0.0595 e. The van der Waals surface area contributed by atoms with Crippen LogP contribution in [0.1, 0.15) is 50.5 Å². The molecule has 0 radical (unpaired) electrons. The Balaban J connectivity index is 1.85. The molecule has 0 heterocycles. The van der Waals surface area contributed by atoms with Crippen LogP contribution >= 0.6 is 34.8 Å². The number of halogens is 3. The van der Waals surface area contributed by atoms with Crippen LogP contribution in [-0.2, 0) is 6.42 Å². The minimum atomic E-state index is 0.209. The molecule has 0 aromatic heterocycles. The molecule has 0 amide bonds. The van der Waals surface area contributed by atoms with E-state index in [1.54, 1.807) is 0 Å². The molecule has 1 unspecified atom stereocenters. The molecule has 0 N–H and O–H groups in total. The normalized spacial score (nSPS) is 19.1. The monoisotopic (exact) mass is 318 g/mol. The Kier molecular flexibility index (Phi) is 6.32. The largest absolute Gasteiger partial charge is 0.123 e. The maximum absolute atomic E-state index is 6.52. The molecule has 1 fully saturated rings. The molecule has 0 nitrogen and oxygen atoms in total. The van der Waals surface area contributed by atoms with Crippen LogP contribution in [0.15, 0.2) is 18.2 Å². The van der Waals surface area contributed by atoms with Crippen molar-refractivity contribution < 1.29 is 0 Å². The van der Waals surface area contributed by atoms with Crippen molar-refractivity contribution >= 4 is 34.8 Å². The third-order valence-electron chi connectivity index (χ3n) is 4.01. The second-order valence-electron chi connectivity index (χ2n) is 5.64. The highest BCUT2D eigenvalue weighted by Crippen LogP contribution is 2.30. The van der Waals surface area contributed by atoms with Crippen molar-refractivity contribution in [3.8, 4) is 0 Å². The quantitative estimate of drug-likeness (QED) is 0.438. The van der Waals surface area contributed by atoms with E-state index in [1.807, 2.05) is 18.2 Å². The first kappa shape index (κ1) is 15.5. The van der Waals surface area contributed by atoms with Gasteiger partial charge in [-0.25, -0.2) is 0 Å². The summed E-state index contributed by atoms with van der Waals surface area (Å²) in [5.74, 6) is 0.813. The standard InChI is InChI=1S/C16H21Cl3/c17-14(9-12-5-3-1-2-4-6-12)10-13-7-8-15(18)16(19)11-13/h7-8,11-12,14H,1-6,9-10H2. The average molecular weight is 320 g/mol. The van der Waals surface area contributed by atoms with Crippen molar-refractivity contribution in [1.29, 1.82) is 0 Å². The SMILES string of the molecule is Clc1ccc(CC(Cl)CC2CCCCCC2)cc1Cl. The highest BCUT2D eigenvalue weighted by atomic mass is 35.5. The van der Waals surface area contributed by atoms with Crippen LogP contribution in [-0.4, -0.2) is 5.38 Å². The average Bonchev–Trinajstić information content (AvgIpc) is 2.62. The minimum Gasteiger partial charge on any atom is -0.123 e. The molecule has 0 aliphatic heterocycles. The van der Waals surface area contributed by atoms with Crippen molar-refractivity contribution in [3.05, 3.63) is 33.8 Å². The lowest BCUT2D eigenvalue weighted by molar-refractivity contribution is 0.419. The van der Waals surface area contributed by atoms with E-state index in [4.69, 9.17) is 34.8 Å². The molecular formula is C16H21Cl3. The second kappa shape index (κ2) is 7.76. The van der Waals surface area contributed by atoms with Gasteiger partial charge in [-0.15, -0.1) is 11.6 Å². The second-order valence-corrected chi connectivity index (χ2v) is 7.07. The summed E-state index contributed by atoms with van der Waals surface area (Å²) in [7, 11) is 0. The van der Waals surface area contributed by atoms with E-state index in [0.717, 1.165) is 18.8 Å². The zero-order valence-electron chi connectivity index (χ0n) is 11.2. The van der Waals surface area contributed by atoms with Gasteiger partial charge in [-0.05, 0) is 36.5 Å². The van der Waals surface area contributed by atoms with Gasteiger partial charge in [-0.1, -0.05) is 67.8 Å². The number of hydrogen-bond donors (Lipinski definition) is 0. The van der Waals surface area contributed by atoms with Crippen molar-refractivity contribution in [2.24, 2.45) is 5.92 Å². The van der Waals surface area contributed by atoms with Crippen molar-refractivity contribution in [2.45, 2.75) is 56.7 Å². The van der Waals surface area contributed by atoms with Crippen LogP contribution in [0, 0.1) is 5.92 Å². The van der Waals surface area contributed by atoms with Gasteiger partial charge in [0.2, 0.25) is 0 Å². The number of hydrogen-bond acceptors (Lipinski definition) is 0. The van der Waals surface area contributed by atoms with Crippen LogP contribution in [0.3, 0.4) is 0 Å². The van der Waals surface area contributed by atoms with E-state index in [9.17, 15) is 0 Å². The zero-order valence-corrected chi connectivity index (χ0v) is 13.4. The third kappa shape index (κ3) is 5.17. The van der Waals surface area contributed by atoms with Gasteiger partial charge in [0.25, 0.3) is 0 Å². The highest BCUT2D eigenvalue weighted by molar-refractivity contribution is 6.42. The summed E-state index contributed by atoms with van der Waals surface area (Å²) in [6.45, 7) is 0. The van der Waals surface area contributed by atoms with Crippen molar-refractivity contribution in [3.63, 3.8) is 0 Å². The molecule has 1 atom stereocenters. The van der Waals surface area contributed by atoms with Crippen LogP contribution in [0.25, 0.3) is 0 Å². The number of rotatable bonds is 4. The zero-order chi connectivity index (χ0) is 13.7. The molecule has 1 aromatic rings. The highest BCUT2D eigenvalue weighted by Gasteiger charge is 2.17. The van der Waals surface area contributed by atoms with Crippen LogP contribution in [0.5, 0.6) is 0 Å². The summed E-state index contributed by atoms with van der Waals surface area (Å²) in [5.41, 5.74) is 1.18. The molecule has 19 heavy (non-hydrogen) atoms. The molecule has 1 aliphatic rings. The first-order chi connectivity index (χ1) is 9.15. The molecule has 0 bridgehead atoms. The van der Waals surface area contributed by atoms with Gasteiger partial charge >= 0.3 is 0 Å². The van der Waals surface area contributed by atoms with Crippen LogP contribution < -0.4 is 0 Å². The Hall–Kier alpha value is 0.0900. The fourth-order valence-electron chi connectivity index (χ4n) is 2.97. The molecule has 1 aromatic carbocycles. The van der Waals surface area contributed by atoms with Gasteiger partial charge < -0.3 is 0 Å². The minimum absolute atomic E-state index is 0.209. The van der Waals surface area contributed by atoms with Gasteiger partial charge in [0.1, 0.15) is 0 Å². The molecule has 1 aliphatic carbocycles. The van der Waals surface area contributed by atoms with E-state index in [1.165, 1.54) is 44.1 Å². The molecule has 0 spiro atoms. The van der Waals surface area contributed by atoms with E-state index in [0.29, 0.717) is 10.0 Å². The van der Waals surface area contributed by atoms with Crippen LogP contribution in [0.4, 0.5) is 0 Å². The Morgan fingerprint density at radius 3 is 2.32 bits per heavy atom. The van der Waals surface area contributed by atoms with Crippen molar-refractivity contribution in [1.82, 2.24) is 0 Å². The third-order valence-corrected chi connectivity index (χ3v) is 5.08. The van der Waals surface area contributed by atoms with Gasteiger partial charge in [-0.2, -0.15) is 0 Å². The predicted molar refractivity (Wildman–Crippen MR) is 85.6 cm³/mol. The van der Waals surface area contributed by atoms with Gasteiger partial charge in [0.15, 0.2) is 0 Å². The van der Waals surface area contributed by atoms with Gasteiger partial charge in [0, 0.05) is 5.38 Å². The Labute approximate surface area is 131 Å². The van der Waals surface area contributed by atoms with E-state index < -0.39 is 0 Å². The molecule has 106 valence electrons. The summed E-state index contributed by atoms with van der Waals surface area (Å²) < 4.78 is 0. The van der Waals surface area contributed by atoms with Gasteiger partial charge in [-0.3, -0.25) is 0 Å². The fourth-order valence-corrected chi connectivity index (χ4v) is 3.72. The van der Waals surface area contributed by atoms with Gasteiger partial charge in [0.05, 0.1) is 10.0 Å². The van der Waals surface area contributed by atoms with E-state index in [2.05, 4.69) is 0 Å². The first-order valence-corrected chi connectivity index (χ1v) is 8.42. The topological polar surface area (TPSA) is 0 Å². The predicted octanol–water partition coefficient (Wildman–Crippen LogP) is 6.50. The van der Waals surface area contributed by atoms with E-state index >= 15 is 0 Å². The Morgan fingerprint density at radius 1 is 1.00 bits per heavy atom. The lowest BCUT2D eigenvalue weighted by atomic mass is 9.93. The lowest BCUT2D eigenvalue weighted by Crippen LogP contribution is -2.11. The summed E-state index contributed by atoms with van der Waals surface area (Å²) in [6, 6.07) is 5.82. The molecule has 3 heteroatoms. The number of alkyl halides is 1. The molecule has 2 rings (SSSR count). The molecule has 1 saturated carbocycles. The summed E-state index contributed by atoms with van der Waals surface area (Å²) in [5, 5.41) is 1.44. The Bertz CT molecular complexity index is 395. The maximum atomic E-state index is 6.52.